The zero-order valence-corrected chi connectivity index (χ0v) is 10.4. The monoisotopic (exact) mass is 247 g/mol. The molecule has 0 atom stereocenters. The first-order chi connectivity index (χ1) is 6.95. The number of ether oxygens (including phenoxy) is 1. The van der Waals surface area contributed by atoms with E-state index in [2.05, 4.69) is 22.8 Å². The molecule has 2 rings (SSSR count). The second-order valence-corrected chi connectivity index (χ2v) is 4.70. The van der Waals surface area contributed by atoms with Gasteiger partial charge in [0.25, 0.3) is 0 Å². The number of rotatable bonds is 4. The Kier molecular flexibility index (Phi) is 6.25. The standard InChI is InChI=1S/C11H17NOS.ClH/c1-2-11(14-9-1)3-6-12-10-4-7-13-8-5-10;/h1-2,9-10,12H,3-8H2;1H. The van der Waals surface area contributed by atoms with Crippen LogP contribution in [-0.4, -0.2) is 25.8 Å². The summed E-state index contributed by atoms with van der Waals surface area (Å²) in [6, 6.07) is 5.01. The first-order valence-electron chi connectivity index (χ1n) is 5.28. The van der Waals surface area contributed by atoms with E-state index >= 15 is 0 Å². The fourth-order valence-electron chi connectivity index (χ4n) is 1.76. The van der Waals surface area contributed by atoms with Crippen molar-refractivity contribution < 1.29 is 4.74 Å². The van der Waals surface area contributed by atoms with Crippen molar-refractivity contribution in [3.63, 3.8) is 0 Å². The second-order valence-electron chi connectivity index (χ2n) is 3.67. The van der Waals surface area contributed by atoms with Crippen molar-refractivity contribution in [2.45, 2.75) is 25.3 Å². The van der Waals surface area contributed by atoms with Crippen LogP contribution in [0.1, 0.15) is 17.7 Å². The highest BCUT2D eigenvalue weighted by atomic mass is 35.5. The zero-order chi connectivity index (χ0) is 9.64. The zero-order valence-electron chi connectivity index (χ0n) is 8.78. The molecule has 15 heavy (non-hydrogen) atoms. The Morgan fingerprint density at radius 2 is 2.20 bits per heavy atom. The average molecular weight is 248 g/mol. The van der Waals surface area contributed by atoms with Crippen molar-refractivity contribution in [3.05, 3.63) is 22.4 Å². The Morgan fingerprint density at radius 3 is 2.87 bits per heavy atom. The summed E-state index contributed by atoms with van der Waals surface area (Å²) in [7, 11) is 0. The summed E-state index contributed by atoms with van der Waals surface area (Å²) in [5, 5.41) is 5.73. The third-order valence-electron chi connectivity index (χ3n) is 2.61. The number of halogens is 1. The van der Waals surface area contributed by atoms with Gasteiger partial charge in [0.1, 0.15) is 0 Å². The van der Waals surface area contributed by atoms with Crippen LogP contribution in [0.25, 0.3) is 0 Å². The lowest BCUT2D eigenvalue weighted by Gasteiger charge is -2.22. The number of hydrogen-bond donors (Lipinski definition) is 1. The maximum Gasteiger partial charge on any atom is 0.0480 e. The summed E-state index contributed by atoms with van der Waals surface area (Å²) in [5.74, 6) is 0. The predicted molar refractivity (Wildman–Crippen MR) is 67.1 cm³/mol. The van der Waals surface area contributed by atoms with E-state index in [0.717, 1.165) is 26.2 Å². The lowest BCUT2D eigenvalue weighted by atomic mass is 10.1. The Labute approximate surface area is 101 Å². The van der Waals surface area contributed by atoms with E-state index in [1.807, 2.05) is 11.3 Å². The van der Waals surface area contributed by atoms with E-state index in [-0.39, 0.29) is 12.4 Å². The molecule has 2 nitrogen and oxygen atoms in total. The molecule has 0 aliphatic carbocycles. The van der Waals surface area contributed by atoms with Crippen molar-refractivity contribution in [2.75, 3.05) is 19.8 Å². The van der Waals surface area contributed by atoms with Crippen LogP contribution in [0.2, 0.25) is 0 Å². The topological polar surface area (TPSA) is 21.3 Å². The van der Waals surface area contributed by atoms with Crippen LogP contribution in [0.5, 0.6) is 0 Å². The van der Waals surface area contributed by atoms with E-state index in [1.165, 1.54) is 17.7 Å². The molecule has 4 heteroatoms. The first-order valence-corrected chi connectivity index (χ1v) is 6.16. The fourth-order valence-corrected chi connectivity index (χ4v) is 2.47. The van der Waals surface area contributed by atoms with Gasteiger partial charge in [0.05, 0.1) is 0 Å². The summed E-state index contributed by atoms with van der Waals surface area (Å²) in [5.41, 5.74) is 0. The predicted octanol–water partition coefficient (Wildman–Crippen LogP) is 2.48. The van der Waals surface area contributed by atoms with Gasteiger partial charge in [0.15, 0.2) is 0 Å². The molecular formula is C11H18ClNOS. The van der Waals surface area contributed by atoms with Crippen LogP contribution in [0.4, 0.5) is 0 Å². The third kappa shape index (κ3) is 4.51. The van der Waals surface area contributed by atoms with Crippen molar-refractivity contribution in [1.82, 2.24) is 5.32 Å². The molecule has 0 bridgehead atoms. The van der Waals surface area contributed by atoms with Gasteiger partial charge in [0.2, 0.25) is 0 Å². The van der Waals surface area contributed by atoms with Gasteiger partial charge in [-0.1, -0.05) is 6.07 Å². The largest absolute Gasteiger partial charge is 0.381 e. The smallest absolute Gasteiger partial charge is 0.0480 e. The maximum atomic E-state index is 5.31. The Balaban J connectivity index is 0.00000112. The molecule has 0 unspecified atom stereocenters. The highest BCUT2D eigenvalue weighted by molar-refractivity contribution is 7.09. The van der Waals surface area contributed by atoms with E-state index < -0.39 is 0 Å². The summed E-state index contributed by atoms with van der Waals surface area (Å²) in [6.45, 7) is 2.96. The summed E-state index contributed by atoms with van der Waals surface area (Å²) in [4.78, 5) is 1.48. The van der Waals surface area contributed by atoms with Gasteiger partial charge in [-0.25, -0.2) is 0 Å². The first kappa shape index (κ1) is 13.0. The van der Waals surface area contributed by atoms with E-state index in [0.29, 0.717) is 6.04 Å². The number of thiophene rings is 1. The van der Waals surface area contributed by atoms with Gasteiger partial charge < -0.3 is 10.1 Å². The van der Waals surface area contributed by atoms with Crippen molar-refractivity contribution in [3.8, 4) is 0 Å². The van der Waals surface area contributed by atoms with Crippen LogP contribution in [0.15, 0.2) is 17.5 Å². The van der Waals surface area contributed by atoms with Crippen molar-refractivity contribution >= 4 is 23.7 Å². The SMILES string of the molecule is Cl.c1csc(CCNC2CCOCC2)c1. The maximum absolute atomic E-state index is 5.31. The molecule has 2 heterocycles. The highest BCUT2D eigenvalue weighted by Gasteiger charge is 2.12. The normalized spacial score (nSPS) is 17.3. The van der Waals surface area contributed by atoms with Gasteiger partial charge in [-0.2, -0.15) is 0 Å². The quantitative estimate of drug-likeness (QED) is 0.883. The summed E-state index contributed by atoms with van der Waals surface area (Å²) >= 11 is 1.84. The lowest BCUT2D eigenvalue weighted by Crippen LogP contribution is -2.35. The molecule has 0 saturated carbocycles. The van der Waals surface area contributed by atoms with E-state index in [9.17, 15) is 0 Å². The van der Waals surface area contributed by atoms with E-state index in [4.69, 9.17) is 4.74 Å². The molecule has 1 fully saturated rings. The molecule has 1 aliphatic rings. The molecule has 0 amide bonds. The van der Waals surface area contributed by atoms with Crippen molar-refractivity contribution in [1.29, 1.82) is 0 Å². The minimum absolute atomic E-state index is 0. The minimum Gasteiger partial charge on any atom is -0.381 e. The highest BCUT2D eigenvalue weighted by Crippen LogP contribution is 2.09. The Morgan fingerprint density at radius 1 is 1.40 bits per heavy atom. The molecule has 0 radical (unpaired) electrons. The van der Waals surface area contributed by atoms with Gasteiger partial charge in [-0.05, 0) is 30.7 Å². The fraction of sp³-hybridized carbons (Fsp3) is 0.636. The molecular weight excluding hydrogens is 230 g/mol. The Bertz CT molecular complexity index is 247. The average Bonchev–Trinajstić information content (AvgIpc) is 2.72. The lowest BCUT2D eigenvalue weighted by molar-refractivity contribution is 0.0782. The third-order valence-corrected chi connectivity index (χ3v) is 3.54. The molecule has 1 saturated heterocycles. The van der Waals surface area contributed by atoms with Gasteiger partial charge >= 0.3 is 0 Å². The number of hydrogen-bond acceptors (Lipinski definition) is 3. The van der Waals surface area contributed by atoms with Crippen LogP contribution < -0.4 is 5.32 Å². The molecule has 0 spiro atoms. The minimum atomic E-state index is 0. The summed E-state index contributed by atoms with van der Waals surface area (Å²) < 4.78 is 5.31. The molecule has 1 aromatic rings. The number of nitrogens with one attached hydrogen (secondary N) is 1. The van der Waals surface area contributed by atoms with Crippen LogP contribution in [-0.2, 0) is 11.2 Å². The molecule has 1 aliphatic heterocycles. The van der Waals surface area contributed by atoms with Crippen LogP contribution >= 0.6 is 23.7 Å². The molecule has 0 aromatic carbocycles. The molecule has 1 aromatic heterocycles. The van der Waals surface area contributed by atoms with Gasteiger partial charge in [-0.3, -0.25) is 0 Å². The van der Waals surface area contributed by atoms with Gasteiger partial charge in [0, 0.05) is 30.7 Å². The Hall–Kier alpha value is -0.0900. The van der Waals surface area contributed by atoms with E-state index in [1.54, 1.807) is 0 Å². The van der Waals surface area contributed by atoms with Crippen molar-refractivity contribution in [2.24, 2.45) is 0 Å². The summed E-state index contributed by atoms with van der Waals surface area (Å²) in [6.07, 6.45) is 3.50. The molecule has 1 N–H and O–H groups in total. The van der Waals surface area contributed by atoms with Crippen LogP contribution in [0, 0.1) is 0 Å². The second kappa shape index (κ2) is 7.23. The van der Waals surface area contributed by atoms with Crippen LogP contribution in [0.3, 0.4) is 0 Å². The molecule has 86 valence electrons. The van der Waals surface area contributed by atoms with Gasteiger partial charge in [-0.15, -0.1) is 23.7 Å².